The van der Waals surface area contributed by atoms with Crippen molar-refractivity contribution in [2.75, 3.05) is 5.43 Å². The topological polar surface area (TPSA) is 50.9 Å². The fraction of sp³-hybridized carbons (Fsp3) is 0.400. The number of hydrogen-bond donors (Lipinski definition) is 2. The number of pyridine rings is 1. The predicted molar refractivity (Wildman–Crippen MR) is 77.7 cm³/mol. The molecule has 0 aliphatic heterocycles. The zero-order valence-electron chi connectivity index (χ0n) is 11.8. The van der Waals surface area contributed by atoms with Crippen molar-refractivity contribution in [1.29, 1.82) is 0 Å². The maximum absolute atomic E-state index is 5.67. The van der Waals surface area contributed by atoms with E-state index in [-0.39, 0.29) is 5.41 Å². The van der Waals surface area contributed by atoms with Crippen LogP contribution < -0.4 is 11.3 Å². The summed E-state index contributed by atoms with van der Waals surface area (Å²) in [7, 11) is 0. The Morgan fingerprint density at radius 3 is 2.28 bits per heavy atom. The zero-order chi connectivity index (χ0) is 13.5. The molecule has 1 aromatic heterocycles. The molecule has 3 nitrogen and oxygen atoms in total. The molecule has 0 radical (unpaired) electrons. The van der Waals surface area contributed by atoms with Gasteiger partial charge in [-0.05, 0) is 31.0 Å². The molecule has 3 N–H and O–H groups in total. The van der Waals surface area contributed by atoms with Crippen molar-refractivity contribution in [1.82, 2.24) is 4.98 Å². The number of nitrogens with zero attached hydrogens (tertiary/aromatic N) is 1. The van der Waals surface area contributed by atoms with Crippen LogP contribution in [0.25, 0.3) is 10.9 Å². The number of aromatic nitrogens is 1. The van der Waals surface area contributed by atoms with Crippen LogP contribution in [-0.4, -0.2) is 4.98 Å². The van der Waals surface area contributed by atoms with Crippen LogP contribution in [0.3, 0.4) is 0 Å². The average Bonchev–Trinajstić information content (AvgIpc) is 2.31. The molecule has 0 spiro atoms. The molecule has 0 bridgehead atoms. The minimum absolute atomic E-state index is 0.00990. The van der Waals surface area contributed by atoms with Crippen molar-refractivity contribution in [2.45, 2.75) is 40.0 Å². The van der Waals surface area contributed by atoms with E-state index in [4.69, 9.17) is 10.8 Å². The van der Waals surface area contributed by atoms with Crippen LogP contribution >= 0.6 is 0 Å². The lowest BCUT2D eigenvalue weighted by Gasteiger charge is -2.21. The zero-order valence-corrected chi connectivity index (χ0v) is 11.8. The van der Waals surface area contributed by atoms with Crippen LogP contribution in [0.15, 0.2) is 18.2 Å². The molecule has 1 aromatic carbocycles. The van der Waals surface area contributed by atoms with Gasteiger partial charge in [0.05, 0.1) is 11.2 Å². The van der Waals surface area contributed by atoms with Gasteiger partial charge in [-0.15, -0.1) is 0 Å². The summed E-state index contributed by atoms with van der Waals surface area (Å²) < 4.78 is 0. The van der Waals surface area contributed by atoms with E-state index < -0.39 is 0 Å². The lowest BCUT2D eigenvalue weighted by Crippen LogP contribution is -2.16. The lowest BCUT2D eigenvalue weighted by atomic mass is 9.90. The molecule has 3 heteroatoms. The number of nitrogens with two attached hydrogens (primary N) is 1. The van der Waals surface area contributed by atoms with Gasteiger partial charge in [-0.2, -0.15) is 0 Å². The van der Waals surface area contributed by atoms with Gasteiger partial charge in [-0.3, -0.25) is 10.8 Å². The number of rotatable bonds is 1. The Hall–Kier alpha value is -1.61. The average molecular weight is 243 g/mol. The van der Waals surface area contributed by atoms with E-state index in [2.05, 4.69) is 58.2 Å². The molecule has 0 fully saturated rings. The number of nitrogens with one attached hydrogen (secondary N) is 1. The van der Waals surface area contributed by atoms with Crippen molar-refractivity contribution >= 4 is 16.6 Å². The van der Waals surface area contributed by atoms with Crippen LogP contribution in [-0.2, 0) is 5.41 Å². The minimum atomic E-state index is 0.00990. The summed E-state index contributed by atoms with van der Waals surface area (Å²) in [5.74, 6) is 5.67. The van der Waals surface area contributed by atoms with E-state index in [1.165, 1.54) is 11.1 Å². The van der Waals surface area contributed by atoms with Gasteiger partial charge in [0.1, 0.15) is 0 Å². The normalized spacial score (nSPS) is 11.9. The molecule has 0 aliphatic carbocycles. The summed E-state index contributed by atoms with van der Waals surface area (Å²) in [5.41, 5.74) is 8.23. The van der Waals surface area contributed by atoms with Gasteiger partial charge in [0, 0.05) is 16.5 Å². The summed E-state index contributed by atoms with van der Waals surface area (Å²) in [4.78, 5) is 4.82. The summed E-state index contributed by atoms with van der Waals surface area (Å²) in [5, 5.41) is 1.12. The van der Waals surface area contributed by atoms with Crippen LogP contribution in [0.2, 0.25) is 0 Å². The molecule has 18 heavy (non-hydrogen) atoms. The first-order valence-electron chi connectivity index (χ1n) is 6.22. The molecular formula is C15H21N3. The van der Waals surface area contributed by atoms with E-state index in [1.54, 1.807) is 0 Å². The fourth-order valence-electron chi connectivity index (χ4n) is 2.14. The van der Waals surface area contributed by atoms with Gasteiger partial charge >= 0.3 is 0 Å². The van der Waals surface area contributed by atoms with Crippen LogP contribution in [0.4, 0.5) is 5.69 Å². The third kappa shape index (κ3) is 2.06. The third-order valence-electron chi connectivity index (χ3n) is 3.29. The van der Waals surface area contributed by atoms with Crippen molar-refractivity contribution in [3.63, 3.8) is 0 Å². The highest BCUT2D eigenvalue weighted by Gasteiger charge is 2.19. The highest BCUT2D eigenvalue weighted by atomic mass is 15.2. The maximum Gasteiger partial charge on any atom is 0.0758 e. The van der Waals surface area contributed by atoms with Gasteiger partial charge in [-0.25, -0.2) is 0 Å². The molecule has 0 amide bonds. The standard InChI is InChI=1S/C15H21N3/c1-9-6-7-10(2)14-13(9)11(18-16)8-12(17-14)15(3,4)5/h6-8H,16H2,1-5H3,(H,17,18). The quantitative estimate of drug-likeness (QED) is 0.596. The number of hydrogen-bond acceptors (Lipinski definition) is 3. The number of nitrogen functional groups attached to an aromatic ring is 1. The van der Waals surface area contributed by atoms with Crippen LogP contribution in [0, 0.1) is 13.8 Å². The molecule has 0 saturated heterocycles. The summed E-state index contributed by atoms with van der Waals surface area (Å²) in [6.07, 6.45) is 0. The van der Waals surface area contributed by atoms with E-state index >= 15 is 0 Å². The Kier molecular flexibility index (Phi) is 3.03. The monoisotopic (exact) mass is 243 g/mol. The Morgan fingerprint density at radius 1 is 1.11 bits per heavy atom. The first kappa shape index (κ1) is 12.8. The number of hydrazine groups is 1. The van der Waals surface area contributed by atoms with Crippen molar-refractivity contribution in [3.05, 3.63) is 35.0 Å². The Balaban J connectivity index is 2.88. The Morgan fingerprint density at radius 2 is 1.72 bits per heavy atom. The number of fused-ring (bicyclic) bond motifs is 1. The largest absolute Gasteiger partial charge is 0.323 e. The van der Waals surface area contributed by atoms with Crippen molar-refractivity contribution < 1.29 is 0 Å². The Bertz CT molecular complexity index is 595. The van der Waals surface area contributed by atoms with E-state index in [0.29, 0.717) is 0 Å². The van der Waals surface area contributed by atoms with Crippen LogP contribution in [0.1, 0.15) is 37.6 Å². The Labute approximate surface area is 108 Å². The molecule has 1 heterocycles. The van der Waals surface area contributed by atoms with E-state index in [9.17, 15) is 0 Å². The second-order valence-electron chi connectivity index (χ2n) is 5.87. The fourth-order valence-corrected chi connectivity index (χ4v) is 2.14. The molecule has 0 atom stereocenters. The van der Waals surface area contributed by atoms with Gasteiger partial charge < -0.3 is 5.43 Å². The second-order valence-corrected chi connectivity index (χ2v) is 5.87. The number of aryl methyl sites for hydroxylation is 2. The molecule has 0 saturated carbocycles. The third-order valence-corrected chi connectivity index (χ3v) is 3.29. The lowest BCUT2D eigenvalue weighted by molar-refractivity contribution is 0.571. The molecule has 0 aliphatic rings. The van der Waals surface area contributed by atoms with Gasteiger partial charge in [0.15, 0.2) is 0 Å². The summed E-state index contributed by atoms with van der Waals surface area (Å²) in [6, 6.07) is 6.27. The summed E-state index contributed by atoms with van der Waals surface area (Å²) >= 11 is 0. The second kappa shape index (κ2) is 4.25. The number of anilines is 1. The first-order valence-corrected chi connectivity index (χ1v) is 6.22. The van der Waals surface area contributed by atoms with Gasteiger partial charge in [0.25, 0.3) is 0 Å². The first-order chi connectivity index (χ1) is 8.34. The molecule has 2 rings (SSSR count). The highest BCUT2D eigenvalue weighted by Crippen LogP contribution is 2.32. The molecule has 96 valence electrons. The predicted octanol–water partition coefficient (Wildman–Crippen LogP) is 3.43. The van der Waals surface area contributed by atoms with Crippen molar-refractivity contribution in [3.8, 4) is 0 Å². The van der Waals surface area contributed by atoms with Gasteiger partial charge in [0.2, 0.25) is 0 Å². The smallest absolute Gasteiger partial charge is 0.0758 e. The van der Waals surface area contributed by atoms with Crippen molar-refractivity contribution in [2.24, 2.45) is 5.84 Å². The molecule has 2 aromatic rings. The van der Waals surface area contributed by atoms with E-state index in [0.717, 1.165) is 22.3 Å². The molecular weight excluding hydrogens is 222 g/mol. The maximum atomic E-state index is 5.67. The van der Waals surface area contributed by atoms with E-state index in [1.807, 2.05) is 0 Å². The van der Waals surface area contributed by atoms with Crippen LogP contribution in [0.5, 0.6) is 0 Å². The number of benzene rings is 1. The SMILES string of the molecule is Cc1ccc(C)c2c(NN)cc(C(C)(C)C)nc12. The molecule has 0 unspecified atom stereocenters. The van der Waals surface area contributed by atoms with Gasteiger partial charge in [-0.1, -0.05) is 32.9 Å². The highest BCUT2D eigenvalue weighted by molar-refractivity contribution is 5.95. The minimum Gasteiger partial charge on any atom is -0.323 e. The summed E-state index contributed by atoms with van der Waals surface area (Å²) in [6.45, 7) is 10.6.